The van der Waals surface area contributed by atoms with Gasteiger partial charge in [0.05, 0.1) is 11.0 Å². The van der Waals surface area contributed by atoms with E-state index in [-0.39, 0.29) is 22.7 Å². The fourth-order valence-electron chi connectivity index (χ4n) is 4.73. The van der Waals surface area contributed by atoms with Crippen LogP contribution in [0.5, 0.6) is 11.5 Å². The summed E-state index contributed by atoms with van der Waals surface area (Å²) < 4.78 is 5.83. The zero-order chi connectivity index (χ0) is 27.4. The van der Waals surface area contributed by atoms with Crippen molar-refractivity contribution in [2.75, 3.05) is 31.1 Å². The van der Waals surface area contributed by atoms with Crippen LogP contribution in [0, 0.1) is 10.1 Å². The van der Waals surface area contributed by atoms with Gasteiger partial charge in [0, 0.05) is 55.6 Å². The van der Waals surface area contributed by atoms with Crippen LogP contribution in [0.2, 0.25) is 5.02 Å². The van der Waals surface area contributed by atoms with Crippen LogP contribution >= 0.6 is 11.6 Å². The maximum absolute atomic E-state index is 11.8. The van der Waals surface area contributed by atoms with E-state index in [4.69, 9.17) is 16.3 Å². The zero-order valence-corrected chi connectivity index (χ0v) is 21.8. The molecule has 0 radical (unpaired) electrons. The van der Waals surface area contributed by atoms with Crippen LogP contribution in [0.4, 0.5) is 11.4 Å². The lowest BCUT2D eigenvalue weighted by atomic mass is 9.99. The number of benzene rings is 4. The highest BCUT2D eigenvalue weighted by atomic mass is 35.5. The highest BCUT2D eigenvalue weighted by molar-refractivity contribution is 6.30. The van der Waals surface area contributed by atoms with Crippen molar-refractivity contribution in [1.29, 1.82) is 0 Å². The molecule has 0 bridgehead atoms. The van der Waals surface area contributed by atoms with Crippen molar-refractivity contribution in [3.8, 4) is 22.6 Å². The normalized spacial score (nSPS) is 13.7. The molecule has 1 saturated heterocycles. The van der Waals surface area contributed by atoms with Gasteiger partial charge in [0.15, 0.2) is 0 Å². The fourth-order valence-corrected chi connectivity index (χ4v) is 4.86. The Morgan fingerprint density at radius 3 is 2.38 bits per heavy atom. The summed E-state index contributed by atoms with van der Waals surface area (Å²) in [6, 6.07) is 26.9. The summed E-state index contributed by atoms with van der Waals surface area (Å²) in [5, 5.41) is 21.5. The Balaban J connectivity index is 1.29. The van der Waals surface area contributed by atoms with Gasteiger partial charge in [0.25, 0.3) is 5.69 Å². The van der Waals surface area contributed by atoms with Crippen LogP contribution in [0.1, 0.15) is 15.9 Å². The number of aromatic carboxylic acids is 1. The molecule has 4 aromatic carbocycles. The van der Waals surface area contributed by atoms with Crippen molar-refractivity contribution in [3.05, 3.63) is 117 Å². The molecule has 0 aromatic heterocycles. The predicted octanol–water partition coefficient (Wildman–Crippen LogP) is 6.73. The van der Waals surface area contributed by atoms with Crippen LogP contribution in [-0.2, 0) is 6.54 Å². The lowest BCUT2D eigenvalue weighted by Crippen LogP contribution is -2.46. The molecule has 4 aromatic rings. The van der Waals surface area contributed by atoms with Gasteiger partial charge in [-0.1, -0.05) is 54.1 Å². The van der Waals surface area contributed by atoms with Crippen molar-refractivity contribution >= 4 is 28.9 Å². The number of non-ortho nitro benzene ring substituents is 1. The molecule has 0 amide bonds. The van der Waals surface area contributed by atoms with E-state index < -0.39 is 10.9 Å². The molecule has 1 heterocycles. The maximum atomic E-state index is 11.8. The molecule has 198 valence electrons. The monoisotopic (exact) mass is 543 g/mol. The summed E-state index contributed by atoms with van der Waals surface area (Å²) in [5.41, 5.74) is 4.25. The van der Waals surface area contributed by atoms with E-state index in [9.17, 15) is 20.0 Å². The van der Waals surface area contributed by atoms with Gasteiger partial charge in [-0.2, -0.15) is 0 Å². The minimum absolute atomic E-state index is 0.0114. The van der Waals surface area contributed by atoms with Crippen molar-refractivity contribution in [2.24, 2.45) is 0 Å². The number of rotatable bonds is 8. The van der Waals surface area contributed by atoms with Crippen molar-refractivity contribution < 1.29 is 19.6 Å². The summed E-state index contributed by atoms with van der Waals surface area (Å²) in [4.78, 5) is 27.0. The highest BCUT2D eigenvalue weighted by Gasteiger charge is 2.21. The second-order valence-electron chi connectivity index (χ2n) is 9.27. The molecule has 1 aliphatic heterocycles. The minimum Gasteiger partial charge on any atom is -0.478 e. The highest BCUT2D eigenvalue weighted by Crippen LogP contribution is 2.32. The smallest absolute Gasteiger partial charge is 0.339 e. The third-order valence-corrected chi connectivity index (χ3v) is 7.01. The largest absolute Gasteiger partial charge is 0.478 e. The molecule has 0 aliphatic carbocycles. The number of carbonyl (C=O) groups is 1. The van der Waals surface area contributed by atoms with Gasteiger partial charge in [-0.3, -0.25) is 15.0 Å². The first-order valence-corrected chi connectivity index (χ1v) is 12.9. The quantitative estimate of drug-likeness (QED) is 0.194. The van der Waals surface area contributed by atoms with E-state index in [0.717, 1.165) is 44.0 Å². The lowest BCUT2D eigenvalue weighted by molar-refractivity contribution is -0.384. The minimum atomic E-state index is -1.13. The van der Waals surface area contributed by atoms with Crippen LogP contribution in [0.3, 0.4) is 0 Å². The summed E-state index contributed by atoms with van der Waals surface area (Å²) in [6.07, 6.45) is 0. The molecule has 0 atom stereocenters. The third-order valence-electron chi connectivity index (χ3n) is 6.76. The molecule has 0 unspecified atom stereocenters. The first-order chi connectivity index (χ1) is 18.9. The van der Waals surface area contributed by atoms with E-state index >= 15 is 0 Å². The van der Waals surface area contributed by atoms with E-state index in [2.05, 4.69) is 28.0 Å². The Morgan fingerprint density at radius 2 is 1.67 bits per heavy atom. The molecule has 0 spiro atoms. The molecular formula is C30H26ClN3O5. The number of halogens is 1. The molecule has 0 saturated carbocycles. The van der Waals surface area contributed by atoms with Crippen LogP contribution in [0.25, 0.3) is 11.1 Å². The Kier molecular flexibility index (Phi) is 7.76. The molecule has 1 aliphatic rings. The van der Waals surface area contributed by atoms with E-state index in [0.29, 0.717) is 5.02 Å². The number of piperazine rings is 1. The van der Waals surface area contributed by atoms with Crippen molar-refractivity contribution in [1.82, 2.24) is 4.90 Å². The number of anilines is 1. The summed E-state index contributed by atoms with van der Waals surface area (Å²) in [5.74, 6) is -0.793. The Labute approximate surface area is 230 Å². The second-order valence-corrected chi connectivity index (χ2v) is 9.71. The third kappa shape index (κ3) is 6.19. The standard InChI is InChI=1S/C30H26ClN3O5/c31-23-10-8-21(9-11-23)27-7-2-1-4-22(27)20-32-14-16-33(17-15-32)24-12-13-28(30(35)36)29(19-24)39-26-6-3-5-25(18-26)34(37)38/h1-13,18-19H,14-17,20H2,(H,35,36). The molecule has 8 nitrogen and oxygen atoms in total. The van der Waals surface area contributed by atoms with Gasteiger partial charge in [-0.15, -0.1) is 0 Å². The summed E-state index contributed by atoms with van der Waals surface area (Å²) in [7, 11) is 0. The number of carboxylic acid groups (broad SMARTS) is 1. The average molecular weight is 544 g/mol. The SMILES string of the molecule is O=C(O)c1ccc(N2CCN(Cc3ccccc3-c3ccc(Cl)cc3)CC2)cc1Oc1cccc([N+](=O)[O-])c1. The van der Waals surface area contributed by atoms with Gasteiger partial charge in [0.2, 0.25) is 0 Å². The van der Waals surface area contributed by atoms with Gasteiger partial charge in [-0.05, 0) is 47.0 Å². The molecule has 1 fully saturated rings. The van der Waals surface area contributed by atoms with E-state index in [1.165, 1.54) is 35.4 Å². The fraction of sp³-hybridized carbons (Fsp3) is 0.167. The average Bonchev–Trinajstić information content (AvgIpc) is 2.94. The first kappa shape index (κ1) is 26.2. The predicted molar refractivity (Wildman–Crippen MR) is 151 cm³/mol. The lowest BCUT2D eigenvalue weighted by Gasteiger charge is -2.36. The molecule has 9 heteroatoms. The van der Waals surface area contributed by atoms with Crippen molar-refractivity contribution in [3.63, 3.8) is 0 Å². The Bertz CT molecular complexity index is 1500. The Morgan fingerprint density at radius 1 is 0.923 bits per heavy atom. The number of nitro groups is 1. The van der Waals surface area contributed by atoms with Crippen LogP contribution in [-0.4, -0.2) is 47.1 Å². The number of hydrogen-bond donors (Lipinski definition) is 1. The molecule has 39 heavy (non-hydrogen) atoms. The summed E-state index contributed by atoms with van der Waals surface area (Å²) in [6.45, 7) is 3.98. The Hall–Kier alpha value is -4.40. The van der Waals surface area contributed by atoms with E-state index in [1.54, 1.807) is 18.2 Å². The number of nitrogens with zero attached hydrogens (tertiary/aromatic N) is 3. The van der Waals surface area contributed by atoms with E-state index in [1.807, 2.05) is 30.3 Å². The number of ether oxygens (including phenoxy) is 1. The second kappa shape index (κ2) is 11.6. The molecule has 1 N–H and O–H groups in total. The summed E-state index contributed by atoms with van der Waals surface area (Å²) >= 11 is 6.08. The number of nitro benzene ring substituents is 1. The number of carboxylic acids is 1. The van der Waals surface area contributed by atoms with Crippen LogP contribution < -0.4 is 9.64 Å². The molecule has 5 rings (SSSR count). The van der Waals surface area contributed by atoms with Gasteiger partial charge >= 0.3 is 5.97 Å². The number of hydrogen-bond acceptors (Lipinski definition) is 6. The maximum Gasteiger partial charge on any atom is 0.339 e. The van der Waals surface area contributed by atoms with Crippen LogP contribution in [0.15, 0.2) is 91.0 Å². The topological polar surface area (TPSA) is 96.2 Å². The zero-order valence-electron chi connectivity index (χ0n) is 21.0. The molecular weight excluding hydrogens is 518 g/mol. The van der Waals surface area contributed by atoms with Crippen molar-refractivity contribution in [2.45, 2.75) is 6.54 Å². The van der Waals surface area contributed by atoms with Gasteiger partial charge in [0.1, 0.15) is 17.1 Å². The first-order valence-electron chi connectivity index (χ1n) is 12.5. The van der Waals surface area contributed by atoms with Gasteiger partial charge in [-0.25, -0.2) is 4.79 Å². The van der Waals surface area contributed by atoms with Gasteiger partial charge < -0.3 is 14.7 Å².